The Bertz CT molecular complexity index is 626. The van der Waals surface area contributed by atoms with Crippen molar-refractivity contribution < 1.29 is 34.7 Å². The largest absolute Gasteiger partial charge is 0.387 e. The fourth-order valence-corrected chi connectivity index (χ4v) is 3.56. The highest BCUT2D eigenvalue weighted by Gasteiger charge is 2.43. The molecule has 28 heavy (non-hydrogen) atoms. The van der Waals surface area contributed by atoms with Gasteiger partial charge in [-0.05, 0) is 38.1 Å². The number of para-hydroxylation sites is 1. The highest BCUT2D eigenvalue weighted by atomic mass is 16.7. The predicted octanol–water partition coefficient (Wildman–Crippen LogP) is -1.06. The van der Waals surface area contributed by atoms with E-state index < -0.39 is 30.9 Å². The van der Waals surface area contributed by atoms with Gasteiger partial charge in [0, 0.05) is 11.7 Å². The molecule has 2 aliphatic heterocycles. The Kier molecular flexibility index (Phi) is 7.36. The molecule has 0 saturated carbocycles. The minimum Gasteiger partial charge on any atom is -0.387 e. The molecule has 5 atom stereocenters. The second kappa shape index (κ2) is 9.75. The summed E-state index contributed by atoms with van der Waals surface area (Å²) < 4.78 is 10.3. The molecule has 0 bridgehead atoms. The minimum atomic E-state index is -1.67. The minimum absolute atomic E-state index is 0.0418. The van der Waals surface area contributed by atoms with Gasteiger partial charge in [0.05, 0.1) is 13.0 Å². The van der Waals surface area contributed by atoms with Crippen LogP contribution in [0, 0.1) is 0 Å². The van der Waals surface area contributed by atoms with Crippen LogP contribution in [0.5, 0.6) is 0 Å². The molecule has 1 amide bonds. The summed E-state index contributed by atoms with van der Waals surface area (Å²) in [4.78, 5) is 14.7. The average molecular weight is 396 g/mol. The van der Waals surface area contributed by atoms with Crippen molar-refractivity contribution in [3.63, 3.8) is 0 Å². The number of nitrogens with one attached hydrogen (secondary N) is 1. The monoisotopic (exact) mass is 396 g/mol. The lowest BCUT2D eigenvalue weighted by atomic mass is 10.0. The summed E-state index contributed by atoms with van der Waals surface area (Å²) in [6.07, 6.45) is -6.00. The topological polar surface area (TPSA) is 132 Å². The number of rotatable bonds is 6. The van der Waals surface area contributed by atoms with Crippen molar-refractivity contribution >= 4 is 11.6 Å². The van der Waals surface area contributed by atoms with Gasteiger partial charge in [0.1, 0.15) is 18.3 Å². The highest BCUT2D eigenvalue weighted by Crippen LogP contribution is 2.24. The van der Waals surface area contributed by atoms with E-state index in [0.29, 0.717) is 0 Å². The van der Waals surface area contributed by atoms with Gasteiger partial charge in [-0.3, -0.25) is 4.79 Å². The molecule has 3 rings (SSSR count). The van der Waals surface area contributed by atoms with E-state index in [-0.39, 0.29) is 25.0 Å². The van der Waals surface area contributed by atoms with Crippen LogP contribution in [0.3, 0.4) is 0 Å². The van der Waals surface area contributed by atoms with Crippen molar-refractivity contribution in [3.05, 3.63) is 30.3 Å². The number of amides is 1. The first kappa shape index (κ1) is 21.1. The predicted molar refractivity (Wildman–Crippen MR) is 99.3 cm³/mol. The number of aliphatic hydroxyl groups is 4. The first-order valence-electron chi connectivity index (χ1n) is 9.56. The van der Waals surface area contributed by atoms with E-state index in [9.17, 15) is 25.2 Å². The van der Waals surface area contributed by atoms with Gasteiger partial charge in [0.25, 0.3) is 0 Å². The normalized spacial score (nSPS) is 31.5. The van der Waals surface area contributed by atoms with E-state index >= 15 is 0 Å². The van der Waals surface area contributed by atoms with Crippen LogP contribution in [-0.2, 0) is 14.3 Å². The van der Waals surface area contributed by atoms with Crippen molar-refractivity contribution in [2.24, 2.45) is 0 Å². The van der Waals surface area contributed by atoms with Gasteiger partial charge in [-0.2, -0.15) is 0 Å². The molecule has 2 aliphatic rings. The fourth-order valence-electron chi connectivity index (χ4n) is 3.56. The number of hydrogen-bond donors (Lipinski definition) is 5. The first-order valence-corrected chi connectivity index (χ1v) is 9.56. The molecule has 156 valence electrons. The number of anilines is 1. The summed E-state index contributed by atoms with van der Waals surface area (Å²) in [6.45, 7) is 1.63. The van der Waals surface area contributed by atoms with Crippen LogP contribution < -0.4 is 10.2 Å². The molecule has 2 fully saturated rings. The van der Waals surface area contributed by atoms with Gasteiger partial charge < -0.3 is 40.1 Å². The van der Waals surface area contributed by atoms with Crippen molar-refractivity contribution in [1.29, 1.82) is 0 Å². The zero-order valence-corrected chi connectivity index (χ0v) is 15.6. The van der Waals surface area contributed by atoms with Crippen LogP contribution >= 0.6 is 0 Å². The molecular formula is C19H28N2O7. The zero-order chi connectivity index (χ0) is 20.1. The highest BCUT2D eigenvalue weighted by molar-refractivity contribution is 5.94. The maximum atomic E-state index is 12.9. The molecule has 0 aromatic heterocycles. The molecule has 9 heteroatoms. The van der Waals surface area contributed by atoms with Crippen LogP contribution in [-0.4, -0.2) is 83.0 Å². The lowest BCUT2D eigenvalue weighted by Gasteiger charge is -2.38. The van der Waals surface area contributed by atoms with Gasteiger partial charge in [0.15, 0.2) is 12.6 Å². The lowest BCUT2D eigenvalue weighted by Crippen LogP contribution is -2.58. The summed E-state index contributed by atoms with van der Waals surface area (Å²) in [5, 5.41) is 41.9. The molecule has 9 nitrogen and oxygen atoms in total. The third kappa shape index (κ3) is 4.87. The summed E-state index contributed by atoms with van der Waals surface area (Å²) in [5.41, 5.74) is 0.822. The molecule has 0 aliphatic carbocycles. The van der Waals surface area contributed by atoms with E-state index in [2.05, 4.69) is 5.32 Å². The number of benzene rings is 1. The summed E-state index contributed by atoms with van der Waals surface area (Å²) >= 11 is 0. The molecular weight excluding hydrogens is 368 g/mol. The number of piperidine rings is 1. The Hall–Kier alpha value is -1.59. The van der Waals surface area contributed by atoms with Crippen molar-refractivity contribution in [2.75, 3.05) is 24.6 Å². The van der Waals surface area contributed by atoms with Gasteiger partial charge in [0.2, 0.25) is 5.91 Å². The van der Waals surface area contributed by atoms with Gasteiger partial charge >= 0.3 is 0 Å². The standard InChI is InChI=1S/C19H28N2O7/c22-14(8-11-27-19-17(25)15(23)16(24)18(26)28-19)21(12-4-2-1-3-5-12)13-6-9-20-10-7-13/h1-5,13,15-20,23-26H,6-11H2/t15-,16-,17-,18-,19+/m0/s1. The Morgan fingerprint density at radius 1 is 1.07 bits per heavy atom. The maximum absolute atomic E-state index is 12.9. The quantitative estimate of drug-likeness (QED) is 0.411. The van der Waals surface area contributed by atoms with E-state index in [4.69, 9.17) is 9.47 Å². The first-order chi connectivity index (χ1) is 13.5. The molecule has 0 unspecified atom stereocenters. The van der Waals surface area contributed by atoms with Crippen LogP contribution in [0.1, 0.15) is 19.3 Å². The van der Waals surface area contributed by atoms with E-state index in [1.54, 1.807) is 4.90 Å². The number of carbonyl (C=O) groups is 1. The Labute approximate surface area is 163 Å². The molecule has 1 aromatic rings. The van der Waals surface area contributed by atoms with E-state index in [0.717, 1.165) is 31.6 Å². The second-order valence-electron chi connectivity index (χ2n) is 7.07. The van der Waals surface area contributed by atoms with Gasteiger partial charge in [-0.25, -0.2) is 0 Å². The Balaban J connectivity index is 1.59. The molecule has 0 spiro atoms. The molecule has 1 aromatic carbocycles. The molecule has 5 N–H and O–H groups in total. The van der Waals surface area contributed by atoms with Crippen LogP contribution in [0.25, 0.3) is 0 Å². The van der Waals surface area contributed by atoms with E-state index in [1.165, 1.54) is 0 Å². The smallest absolute Gasteiger partial charge is 0.229 e. The van der Waals surface area contributed by atoms with Crippen molar-refractivity contribution in [1.82, 2.24) is 5.32 Å². The number of nitrogens with zero attached hydrogens (tertiary/aromatic N) is 1. The number of ether oxygens (including phenoxy) is 2. The summed E-state index contributed by atoms with van der Waals surface area (Å²) in [6, 6.07) is 9.53. The summed E-state index contributed by atoms with van der Waals surface area (Å²) in [7, 11) is 0. The molecule has 2 heterocycles. The van der Waals surface area contributed by atoms with E-state index in [1.807, 2.05) is 30.3 Å². The SMILES string of the molecule is O=C(CCO[C@@H]1O[C@H](O)[C@@H](O)[C@H](O)[C@@H]1O)N(c1ccccc1)C1CCNCC1. The van der Waals surface area contributed by atoms with Crippen LogP contribution in [0.4, 0.5) is 5.69 Å². The zero-order valence-electron chi connectivity index (χ0n) is 15.6. The Morgan fingerprint density at radius 3 is 2.43 bits per heavy atom. The van der Waals surface area contributed by atoms with Gasteiger partial charge in [-0.15, -0.1) is 0 Å². The lowest BCUT2D eigenvalue weighted by molar-refractivity contribution is -0.339. The molecule has 2 saturated heterocycles. The van der Waals surface area contributed by atoms with Crippen LogP contribution in [0.2, 0.25) is 0 Å². The van der Waals surface area contributed by atoms with Crippen molar-refractivity contribution in [3.8, 4) is 0 Å². The van der Waals surface area contributed by atoms with Gasteiger partial charge in [-0.1, -0.05) is 18.2 Å². The third-order valence-corrected chi connectivity index (χ3v) is 5.12. The summed E-state index contributed by atoms with van der Waals surface area (Å²) in [5.74, 6) is -0.121. The maximum Gasteiger partial charge on any atom is 0.229 e. The van der Waals surface area contributed by atoms with Crippen molar-refractivity contribution in [2.45, 2.75) is 56.2 Å². The number of aliphatic hydroxyl groups excluding tert-OH is 4. The fraction of sp³-hybridized carbons (Fsp3) is 0.632. The van der Waals surface area contributed by atoms with Crippen LogP contribution in [0.15, 0.2) is 30.3 Å². The number of hydrogen-bond acceptors (Lipinski definition) is 8. The molecule has 0 radical (unpaired) electrons. The average Bonchev–Trinajstić information content (AvgIpc) is 2.72. The number of carbonyl (C=O) groups excluding carboxylic acids is 1. The Morgan fingerprint density at radius 2 is 1.75 bits per heavy atom. The third-order valence-electron chi connectivity index (χ3n) is 5.12. The second-order valence-corrected chi connectivity index (χ2v) is 7.07.